The first-order valence-corrected chi connectivity index (χ1v) is 8.14. The minimum absolute atomic E-state index is 0.266. The van der Waals surface area contributed by atoms with Crippen molar-refractivity contribution >= 4 is 5.91 Å². The standard InChI is InChI=1S/C15H27N3O2/c19-15(11-16-10-13-3-4-13)18-7-5-17(6-8-18)12-14-2-1-9-20-14/h13-14,16H,1-12H2. The van der Waals surface area contributed by atoms with Crippen molar-refractivity contribution in [2.24, 2.45) is 5.92 Å². The van der Waals surface area contributed by atoms with Crippen LogP contribution in [0.1, 0.15) is 25.7 Å². The summed E-state index contributed by atoms with van der Waals surface area (Å²) in [4.78, 5) is 16.5. The minimum Gasteiger partial charge on any atom is -0.377 e. The summed E-state index contributed by atoms with van der Waals surface area (Å²) in [7, 11) is 0. The lowest BCUT2D eigenvalue weighted by Gasteiger charge is -2.35. The normalized spacial score (nSPS) is 28.0. The Labute approximate surface area is 121 Å². The molecular weight excluding hydrogens is 254 g/mol. The molecule has 3 rings (SSSR count). The number of ether oxygens (including phenoxy) is 1. The van der Waals surface area contributed by atoms with Crippen LogP contribution in [0.3, 0.4) is 0 Å². The van der Waals surface area contributed by atoms with Crippen LogP contribution in [0.15, 0.2) is 0 Å². The Kier molecular flexibility index (Phi) is 4.91. The quantitative estimate of drug-likeness (QED) is 0.761. The van der Waals surface area contributed by atoms with Crippen LogP contribution in [0.25, 0.3) is 0 Å². The van der Waals surface area contributed by atoms with Gasteiger partial charge in [0, 0.05) is 39.3 Å². The summed E-state index contributed by atoms with van der Waals surface area (Å²) < 4.78 is 5.68. The van der Waals surface area contributed by atoms with Gasteiger partial charge in [-0.25, -0.2) is 0 Å². The number of amides is 1. The van der Waals surface area contributed by atoms with E-state index in [9.17, 15) is 4.79 Å². The number of nitrogens with one attached hydrogen (secondary N) is 1. The molecule has 1 saturated carbocycles. The van der Waals surface area contributed by atoms with E-state index in [1.54, 1.807) is 0 Å². The van der Waals surface area contributed by atoms with Gasteiger partial charge >= 0.3 is 0 Å². The van der Waals surface area contributed by atoms with Gasteiger partial charge in [0.15, 0.2) is 0 Å². The van der Waals surface area contributed by atoms with Crippen molar-refractivity contribution in [2.45, 2.75) is 31.8 Å². The largest absolute Gasteiger partial charge is 0.377 e. The van der Waals surface area contributed by atoms with Crippen LogP contribution >= 0.6 is 0 Å². The van der Waals surface area contributed by atoms with Crippen LogP contribution in [0, 0.1) is 5.92 Å². The van der Waals surface area contributed by atoms with Gasteiger partial charge in [0.05, 0.1) is 12.6 Å². The van der Waals surface area contributed by atoms with Crippen LogP contribution in [-0.4, -0.2) is 74.2 Å². The molecule has 1 aliphatic carbocycles. The highest BCUT2D eigenvalue weighted by Crippen LogP contribution is 2.27. The topological polar surface area (TPSA) is 44.8 Å². The molecule has 1 unspecified atom stereocenters. The molecule has 1 atom stereocenters. The van der Waals surface area contributed by atoms with Gasteiger partial charge in [-0.1, -0.05) is 0 Å². The molecule has 0 spiro atoms. The van der Waals surface area contributed by atoms with E-state index in [4.69, 9.17) is 4.74 Å². The van der Waals surface area contributed by atoms with Crippen molar-refractivity contribution in [3.05, 3.63) is 0 Å². The molecule has 20 heavy (non-hydrogen) atoms. The summed E-state index contributed by atoms with van der Waals surface area (Å²) in [6.07, 6.45) is 5.50. The third-order valence-electron chi connectivity index (χ3n) is 4.62. The molecule has 114 valence electrons. The van der Waals surface area contributed by atoms with Crippen molar-refractivity contribution in [2.75, 3.05) is 52.4 Å². The van der Waals surface area contributed by atoms with Crippen molar-refractivity contribution in [1.82, 2.24) is 15.1 Å². The lowest BCUT2D eigenvalue weighted by Crippen LogP contribution is -2.52. The lowest BCUT2D eigenvalue weighted by atomic mass is 10.2. The molecular formula is C15H27N3O2. The molecule has 1 N–H and O–H groups in total. The molecule has 0 bridgehead atoms. The highest BCUT2D eigenvalue weighted by molar-refractivity contribution is 5.78. The molecule has 1 amide bonds. The van der Waals surface area contributed by atoms with Gasteiger partial charge in [-0.2, -0.15) is 0 Å². The Morgan fingerprint density at radius 3 is 2.60 bits per heavy atom. The van der Waals surface area contributed by atoms with Crippen molar-refractivity contribution < 1.29 is 9.53 Å². The number of hydrogen-bond donors (Lipinski definition) is 1. The number of piperazine rings is 1. The molecule has 2 heterocycles. The molecule has 0 aromatic rings. The van der Waals surface area contributed by atoms with Crippen LogP contribution in [-0.2, 0) is 9.53 Å². The summed E-state index contributed by atoms with van der Waals surface area (Å²) in [5.74, 6) is 1.11. The number of nitrogens with zero attached hydrogens (tertiary/aromatic N) is 2. The van der Waals surface area contributed by atoms with E-state index in [0.717, 1.165) is 51.8 Å². The first-order valence-electron chi connectivity index (χ1n) is 8.14. The minimum atomic E-state index is 0.266. The molecule has 5 heteroatoms. The summed E-state index contributed by atoms with van der Waals surface area (Å²) in [6, 6.07) is 0. The fourth-order valence-electron chi connectivity index (χ4n) is 3.07. The van der Waals surface area contributed by atoms with Gasteiger partial charge in [0.25, 0.3) is 0 Å². The second-order valence-corrected chi connectivity index (χ2v) is 6.39. The van der Waals surface area contributed by atoms with Crippen LogP contribution in [0.2, 0.25) is 0 Å². The third kappa shape index (κ3) is 4.17. The van der Waals surface area contributed by atoms with E-state index in [0.29, 0.717) is 12.6 Å². The van der Waals surface area contributed by atoms with Crippen molar-refractivity contribution in [3.8, 4) is 0 Å². The summed E-state index contributed by atoms with van der Waals surface area (Å²) in [5, 5.41) is 3.29. The second kappa shape index (κ2) is 6.87. The van der Waals surface area contributed by atoms with Crippen molar-refractivity contribution in [1.29, 1.82) is 0 Å². The molecule has 2 saturated heterocycles. The van der Waals surface area contributed by atoms with Gasteiger partial charge in [-0.15, -0.1) is 0 Å². The predicted octanol–water partition coefficient (Wildman–Crippen LogP) is 0.309. The molecule has 0 radical (unpaired) electrons. The Bertz CT molecular complexity index is 319. The Hall–Kier alpha value is -0.650. The fourth-order valence-corrected chi connectivity index (χ4v) is 3.07. The van der Waals surface area contributed by atoms with E-state index in [1.807, 2.05) is 4.90 Å². The predicted molar refractivity (Wildman–Crippen MR) is 77.6 cm³/mol. The Morgan fingerprint density at radius 1 is 1.15 bits per heavy atom. The zero-order chi connectivity index (χ0) is 13.8. The van der Waals surface area contributed by atoms with E-state index in [1.165, 1.54) is 25.7 Å². The Morgan fingerprint density at radius 2 is 1.95 bits per heavy atom. The number of carbonyl (C=O) groups excluding carboxylic acids is 1. The number of rotatable bonds is 6. The van der Waals surface area contributed by atoms with Crippen LogP contribution in [0.4, 0.5) is 0 Å². The maximum absolute atomic E-state index is 12.1. The van der Waals surface area contributed by atoms with Gasteiger partial charge < -0.3 is 15.0 Å². The smallest absolute Gasteiger partial charge is 0.236 e. The lowest BCUT2D eigenvalue weighted by molar-refractivity contribution is -0.132. The third-order valence-corrected chi connectivity index (χ3v) is 4.62. The molecule has 2 aliphatic heterocycles. The van der Waals surface area contributed by atoms with Gasteiger partial charge in [-0.05, 0) is 38.1 Å². The van der Waals surface area contributed by atoms with Gasteiger partial charge in [0.2, 0.25) is 5.91 Å². The highest BCUT2D eigenvalue weighted by Gasteiger charge is 2.25. The molecule has 5 nitrogen and oxygen atoms in total. The second-order valence-electron chi connectivity index (χ2n) is 6.39. The van der Waals surface area contributed by atoms with Crippen LogP contribution in [0.5, 0.6) is 0 Å². The maximum atomic E-state index is 12.1. The number of carbonyl (C=O) groups is 1. The zero-order valence-corrected chi connectivity index (χ0v) is 12.4. The van der Waals surface area contributed by atoms with E-state index in [-0.39, 0.29) is 5.91 Å². The first-order chi connectivity index (χ1) is 9.81. The van der Waals surface area contributed by atoms with E-state index < -0.39 is 0 Å². The molecule has 0 aromatic carbocycles. The summed E-state index contributed by atoms with van der Waals surface area (Å²) in [5.41, 5.74) is 0. The zero-order valence-electron chi connectivity index (χ0n) is 12.4. The van der Waals surface area contributed by atoms with Crippen LogP contribution < -0.4 is 5.32 Å². The number of hydrogen-bond acceptors (Lipinski definition) is 4. The highest BCUT2D eigenvalue weighted by atomic mass is 16.5. The average Bonchev–Trinajstić information content (AvgIpc) is 3.15. The van der Waals surface area contributed by atoms with Crippen molar-refractivity contribution in [3.63, 3.8) is 0 Å². The summed E-state index contributed by atoms with van der Waals surface area (Å²) in [6.45, 7) is 7.24. The SMILES string of the molecule is O=C(CNCC1CC1)N1CCN(CC2CCCO2)CC1. The van der Waals surface area contributed by atoms with E-state index >= 15 is 0 Å². The average molecular weight is 281 g/mol. The molecule has 3 fully saturated rings. The maximum Gasteiger partial charge on any atom is 0.236 e. The first kappa shape index (κ1) is 14.3. The van der Waals surface area contributed by atoms with E-state index in [2.05, 4.69) is 10.2 Å². The molecule has 3 aliphatic rings. The monoisotopic (exact) mass is 281 g/mol. The van der Waals surface area contributed by atoms with Gasteiger partial charge in [-0.3, -0.25) is 9.69 Å². The Balaban J connectivity index is 1.31. The summed E-state index contributed by atoms with van der Waals surface area (Å²) >= 11 is 0. The molecule has 0 aromatic heterocycles. The fraction of sp³-hybridized carbons (Fsp3) is 0.933. The van der Waals surface area contributed by atoms with Gasteiger partial charge in [0.1, 0.15) is 0 Å².